The van der Waals surface area contributed by atoms with E-state index >= 15 is 0 Å². The maximum atomic E-state index is 12.5. The van der Waals surface area contributed by atoms with E-state index in [2.05, 4.69) is 0 Å². The number of benzene rings is 2. The Kier molecular flexibility index (Phi) is 3.24. The Bertz CT molecular complexity index is 610. The van der Waals surface area contributed by atoms with E-state index in [0.29, 0.717) is 5.56 Å². The summed E-state index contributed by atoms with van der Waals surface area (Å²) in [4.78, 5) is 12.5. The number of hydrogen-bond acceptors (Lipinski definition) is 2. The molecule has 1 N–H and O–H groups in total. The summed E-state index contributed by atoms with van der Waals surface area (Å²) >= 11 is 0. The molecule has 0 atom stereocenters. The molecule has 2 heteroatoms. The van der Waals surface area contributed by atoms with Gasteiger partial charge in [-0.15, -0.1) is 0 Å². The molecule has 1 aliphatic rings. The Balaban J connectivity index is 2.00. The third-order valence-corrected chi connectivity index (χ3v) is 4.14. The van der Waals surface area contributed by atoms with Crippen molar-refractivity contribution in [3.05, 3.63) is 42.0 Å². The maximum absolute atomic E-state index is 12.5. The molecule has 0 radical (unpaired) electrons. The number of hydrogen-bond donors (Lipinski definition) is 1. The first-order chi connectivity index (χ1) is 9.27. The first-order valence-corrected chi connectivity index (χ1v) is 7.02. The van der Waals surface area contributed by atoms with Crippen molar-refractivity contribution < 1.29 is 9.90 Å². The zero-order chi connectivity index (χ0) is 13.2. The second kappa shape index (κ2) is 5.04. The first-order valence-electron chi connectivity index (χ1n) is 7.02. The van der Waals surface area contributed by atoms with Crippen molar-refractivity contribution >= 4 is 16.6 Å². The number of Topliss-reactive ketones (excluding diaryl/α,β-unsaturated/α-hetero) is 1. The minimum absolute atomic E-state index is 0.0980. The monoisotopic (exact) mass is 254 g/mol. The molecule has 2 nitrogen and oxygen atoms in total. The van der Waals surface area contributed by atoms with Gasteiger partial charge in [-0.25, -0.2) is 0 Å². The molecule has 0 heterocycles. The SMILES string of the molecule is O=C(c1ccc2ccccc2c1O)C1CCCCC1. The molecule has 1 saturated carbocycles. The third kappa shape index (κ3) is 2.23. The Labute approximate surface area is 113 Å². The fourth-order valence-electron chi connectivity index (χ4n) is 3.04. The van der Waals surface area contributed by atoms with Gasteiger partial charge in [0, 0.05) is 11.3 Å². The Morgan fingerprint density at radius 1 is 1.00 bits per heavy atom. The number of phenolic OH excluding ortho intramolecular Hbond substituents is 1. The van der Waals surface area contributed by atoms with Crippen LogP contribution < -0.4 is 0 Å². The summed E-state index contributed by atoms with van der Waals surface area (Å²) < 4.78 is 0. The molecule has 0 amide bonds. The average molecular weight is 254 g/mol. The van der Waals surface area contributed by atoms with Gasteiger partial charge in [0.2, 0.25) is 0 Å². The summed E-state index contributed by atoms with van der Waals surface area (Å²) in [6.45, 7) is 0. The van der Waals surface area contributed by atoms with Crippen LogP contribution in [-0.2, 0) is 0 Å². The van der Waals surface area contributed by atoms with Crippen LogP contribution in [0.25, 0.3) is 10.8 Å². The molecular formula is C17H18O2. The van der Waals surface area contributed by atoms with Gasteiger partial charge in [0.15, 0.2) is 5.78 Å². The molecule has 0 unspecified atom stereocenters. The zero-order valence-electron chi connectivity index (χ0n) is 10.9. The highest BCUT2D eigenvalue weighted by atomic mass is 16.3. The van der Waals surface area contributed by atoms with E-state index in [0.717, 1.165) is 36.5 Å². The molecule has 3 rings (SSSR count). The second-order valence-corrected chi connectivity index (χ2v) is 5.38. The van der Waals surface area contributed by atoms with Crippen molar-refractivity contribution in [2.75, 3.05) is 0 Å². The van der Waals surface area contributed by atoms with Gasteiger partial charge in [-0.3, -0.25) is 4.79 Å². The number of ketones is 1. The van der Waals surface area contributed by atoms with Crippen LogP contribution in [0.5, 0.6) is 5.75 Å². The molecule has 2 aromatic carbocycles. The third-order valence-electron chi connectivity index (χ3n) is 4.14. The average Bonchev–Trinajstić information content (AvgIpc) is 2.48. The van der Waals surface area contributed by atoms with Gasteiger partial charge in [-0.1, -0.05) is 49.6 Å². The van der Waals surface area contributed by atoms with Gasteiger partial charge in [0.1, 0.15) is 5.75 Å². The van der Waals surface area contributed by atoms with Gasteiger partial charge >= 0.3 is 0 Å². The lowest BCUT2D eigenvalue weighted by atomic mass is 9.83. The number of carbonyl (C=O) groups is 1. The highest BCUT2D eigenvalue weighted by molar-refractivity contribution is 6.05. The molecule has 0 saturated heterocycles. The number of fused-ring (bicyclic) bond motifs is 1. The van der Waals surface area contributed by atoms with Crippen molar-refractivity contribution in [3.63, 3.8) is 0 Å². The topological polar surface area (TPSA) is 37.3 Å². The van der Waals surface area contributed by atoms with Gasteiger partial charge in [-0.05, 0) is 24.3 Å². The standard InChI is InChI=1S/C17H18O2/c18-16(13-7-2-1-3-8-13)15-11-10-12-6-4-5-9-14(12)17(15)19/h4-6,9-11,13,19H,1-3,7-8H2. The van der Waals surface area contributed by atoms with Crippen molar-refractivity contribution in [3.8, 4) is 5.75 Å². The van der Waals surface area contributed by atoms with Crippen LogP contribution in [0.4, 0.5) is 0 Å². The molecular weight excluding hydrogens is 236 g/mol. The van der Waals surface area contributed by atoms with Crippen LogP contribution in [0.15, 0.2) is 36.4 Å². The Morgan fingerprint density at radius 3 is 2.53 bits per heavy atom. The lowest BCUT2D eigenvalue weighted by Crippen LogP contribution is -2.17. The molecule has 1 aliphatic carbocycles. The summed E-state index contributed by atoms with van der Waals surface area (Å²) in [6, 6.07) is 11.3. The predicted octanol–water partition coefficient (Wildman–Crippen LogP) is 4.31. The predicted molar refractivity (Wildman–Crippen MR) is 76.5 cm³/mol. The fraction of sp³-hybridized carbons (Fsp3) is 0.353. The van der Waals surface area contributed by atoms with Crippen LogP contribution >= 0.6 is 0 Å². The summed E-state index contributed by atoms with van der Waals surface area (Å²) in [5.41, 5.74) is 0.491. The minimum atomic E-state index is 0.0980. The Hall–Kier alpha value is -1.83. The smallest absolute Gasteiger partial charge is 0.169 e. The summed E-state index contributed by atoms with van der Waals surface area (Å²) in [5.74, 6) is 0.359. The lowest BCUT2D eigenvalue weighted by molar-refractivity contribution is 0.0887. The van der Waals surface area contributed by atoms with Crippen molar-refractivity contribution in [1.29, 1.82) is 0 Å². The molecule has 2 aromatic rings. The number of phenols is 1. The van der Waals surface area contributed by atoms with E-state index in [4.69, 9.17) is 0 Å². The van der Waals surface area contributed by atoms with E-state index < -0.39 is 0 Å². The van der Waals surface area contributed by atoms with Crippen LogP contribution in [0, 0.1) is 5.92 Å². The largest absolute Gasteiger partial charge is 0.507 e. The normalized spacial score (nSPS) is 16.6. The number of aromatic hydroxyl groups is 1. The number of carbonyl (C=O) groups excluding carboxylic acids is 1. The molecule has 0 aliphatic heterocycles. The van der Waals surface area contributed by atoms with Gasteiger partial charge < -0.3 is 5.11 Å². The van der Waals surface area contributed by atoms with Crippen LogP contribution in [0.1, 0.15) is 42.5 Å². The van der Waals surface area contributed by atoms with E-state index in [-0.39, 0.29) is 17.5 Å². The Morgan fingerprint density at radius 2 is 1.74 bits per heavy atom. The van der Waals surface area contributed by atoms with E-state index in [1.807, 2.05) is 30.3 Å². The molecule has 1 fully saturated rings. The molecule has 19 heavy (non-hydrogen) atoms. The van der Waals surface area contributed by atoms with Crippen molar-refractivity contribution in [2.24, 2.45) is 5.92 Å². The highest BCUT2D eigenvalue weighted by Crippen LogP contribution is 2.33. The lowest BCUT2D eigenvalue weighted by Gasteiger charge is -2.21. The summed E-state index contributed by atoms with van der Waals surface area (Å²) in [6.07, 6.45) is 5.42. The molecule has 0 bridgehead atoms. The van der Waals surface area contributed by atoms with Gasteiger partial charge in [-0.2, -0.15) is 0 Å². The maximum Gasteiger partial charge on any atom is 0.169 e. The van der Waals surface area contributed by atoms with Crippen LogP contribution in [-0.4, -0.2) is 10.9 Å². The summed E-state index contributed by atoms with van der Waals surface area (Å²) in [7, 11) is 0. The van der Waals surface area contributed by atoms with Gasteiger partial charge in [0.05, 0.1) is 5.56 Å². The minimum Gasteiger partial charge on any atom is -0.507 e. The first kappa shape index (κ1) is 12.2. The number of rotatable bonds is 2. The van der Waals surface area contributed by atoms with E-state index in [9.17, 15) is 9.90 Å². The molecule has 0 spiro atoms. The van der Waals surface area contributed by atoms with Crippen LogP contribution in [0.2, 0.25) is 0 Å². The summed E-state index contributed by atoms with van der Waals surface area (Å²) in [5, 5.41) is 12.1. The van der Waals surface area contributed by atoms with Crippen LogP contribution in [0.3, 0.4) is 0 Å². The molecule has 98 valence electrons. The second-order valence-electron chi connectivity index (χ2n) is 5.38. The highest BCUT2D eigenvalue weighted by Gasteiger charge is 2.24. The quantitative estimate of drug-likeness (QED) is 0.811. The van der Waals surface area contributed by atoms with Crippen molar-refractivity contribution in [2.45, 2.75) is 32.1 Å². The van der Waals surface area contributed by atoms with Crippen molar-refractivity contribution in [1.82, 2.24) is 0 Å². The van der Waals surface area contributed by atoms with E-state index in [1.165, 1.54) is 6.42 Å². The van der Waals surface area contributed by atoms with Gasteiger partial charge in [0.25, 0.3) is 0 Å². The van der Waals surface area contributed by atoms with E-state index in [1.54, 1.807) is 6.07 Å². The molecule has 0 aromatic heterocycles. The zero-order valence-corrected chi connectivity index (χ0v) is 10.9. The fourth-order valence-corrected chi connectivity index (χ4v) is 3.04.